The van der Waals surface area contributed by atoms with Crippen molar-refractivity contribution >= 4 is 29.6 Å². The van der Waals surface area contributed by atoms with Crippen LogP contribution in [0.4, 0.5) is 15.4 Å². The molecule has 5 rings (SSSR count). The fourth-order valence-corrected chi connectivity index (χ4v) is 5.16. The molecule has 3 aliphatic rings. The number of aromatic nitrogens is 2. The van der Waals surface area contributed by atoms with Gasteiger partial charge in [0.1, 0.15) is 12.4 Å². The zero-order valence-electron chi connectivity index (χ0n) is 17.5. The standard InChI is InChI=1S/C22H24ClN5O4/c23-20-24-18-12-26(21(29)30)9-8-17(18)19(25-20)27-10-15-6-7-16(11-27)28(15)22(31)32-13-14-4-2-1-3-5-14/h1-5,15-16H,6-13H2,(H,29,30). The van der Waals surface area contributed by atoms with E-state index in [1.165, 1.54) is 4.90 Å². The highest BCUT2D eigenvalue weighted by atomic mass is 35.5. The number of carbonyl (C=O) groups excluding carboxylic acids is 1. The van der Waals surface area contributed by atoms with Gasteiger partial charge in [0.15, 0.2) is 0 Å². The van der Waals surface area contributed by atoms with Crippen LogP contribution in [0.5, 0.6) is 0 Å². The van der Waals surface area contributed by atoms with Gasteiger partial charge in [-0.3, -0.25) is 4.90 Å². The average molecular weight is 458 g/mol. The number of piperazine rings is 1. The molecule has 1 N–H and O–H groups in total. The Labute approximate surface area is 190 Å². The van der Waals surface area contributed by atoms with Crippen LogP contribution in [0.2, 0.25) is 5.28 Å². The summed E-state index contributed by atoms with van der Waals surface area (Å²) in [5.41, 5.74) is 2.57. The van der Waals surface area contributed by atoms with Crippen LogP contribution >= 0.6 is 11.6 Å². The summed E-state index contributed by atoms with van der Waals surface area (Å²) in [6.07, 6.45) is 1.13. The molecule has 0 spiro atoms. The molecule has 2 amide bonds. The van der Waals surface area contributed by atoms with Gasteiger partial charge < -0.3 is 19.6 Å². The van der Waals surface area contributed by atoms with Gasteiger partial charge in [0, 0.05) is 25.2 Å². The van der Waals surface area contributed by atoms with Crippen LogP contribution in [0.15, 0.2) is 30.3 Å². The first kappa shape index (κ1) is 20.8. The Hall–Kier alpha value is -3.07. The van der Waals surface area contributed by atoms with Gasteiger partial charge in [-0.2, -0.15) is 0 Å². The molecule has 1 aromatic carbocycles. The number of carbonyl (C=O) groups is 2. The van der Waals surface area contributed by atoms with E-state index in [2.05, 4.69) is 14.9 Å². The van der Waals surface area contributed by atoms with Gasteiger partial charge in [-0.15, -0.1) is 0 Å². The smallest absolute Gasteiger partial charge is 0.410 e. The molecular weight excluding hydrogens is 434 g/mol. The third-order valence-electron chi connectivity index (χ3n) is 6.48. The van der Waals surface area contributed by atoms with Gasteiger partial charge in [-0.1, -0.05) is 30.3 Å². The number of ether oxygens (including phenoxy) is 1. The monoisotopic (exact) mass is 457 g/mol. The van der Waals surface area contributed by atoms with Crippen LogP contribution < -0.4 is 4.90 Å². The minimum absolute atomic E-state index is 0.0422. The number of rotatable bonds is 3. The summed E-state index contributed by atoms with van der Waals surface area (Å²) >= 11 is 6.20. The molecule has 0 saturated carbocycles. The number of halogens is 1. The first-order valence-electron chi connectivity index (χ1n) is 10.8. The molecule has 3 aliphatic heterocycles. The van der Waals surface area contributed by atoms with Gasteiger partial charge in [0.25, 0.3) is 0 Å². The van der Waals surface area contributed by atoms with Gasteiger partial charge in [0.2, 0.25) is 5.28 Å². The first-order valence-corrected chi connectivity index (χ1v) is 11.1. The minimum Gasteiger partial charge on any atom is -0.465 e. The number of carboxylic acid groups (broad SMARTS) is 1. The number of nitrogens with zero attached hydrogens (tertiary/aromatic N) is 5. The van der Waals surface area contributed by atoms with E-state index >= 15 is 0 Å². The van der Waals surface area contributed by atoms with Crippen LogP contribution in [0.3, 0.4) is 0 Å². The second-order valence-electron chi connectivity index (χ2n) is 8.43. The number of fused-ring (bicyclic) bond motifs is 3. The Kier molecular flexibility index (Phi) is 5.50. The maximum absolute atomic E-state index is 12.8. The highest BCUT2D eigenvalue weighted by Gasteiger charge is 2.44. The Morgan fingerprint density at radius 2 is 1.84 bits per heavy atom. The predicted octanol–water partition coefficient (Wildman–Crippen LogP) is 3.16. The fraction of sp³-hybridized carbons (Fsp3) is 0.455. The van der Waals surface area contributed by atoms with Crippen LogP contribution in [-0.4, -0.2) is 68.8 Å². The van der Waals surface area contributed by atoms with Crippen molar-refractivity contribution in [1.82, 2.24) is 19.8 Å². The van der Waals surface area contributed by atoms with Gasteiger partial charge in [-0.05, 0) is 36.4 Å². The largest absolute Gasteiger partial charge is 0.465 e. The molecule has 32 heavy (non-hydrogen) atoms. The molecule has 0 aliphatic carbocycles. The first-order chi connectivity index (χ1) is 15.5. The summed E-state index contributed by atoms with van der Waals surface area (Å²) in [6.45, 7) is 2.14. The van der Waals surface area contributed by atoms with E-state index in [-0.39, 0.29) is 36.6 Å². The van der Waals surface area contributed by atoms with Crippen LogP contribution in [0.25, 0.3) is 0 Å². The van der Waals surface area contributed by atoms with E-state index < -0.39 is 6.09 Å². The number of anilines is 1. The van der Waals surface area contributed by atoms with Gasteiger partial charge in [-0.25, -0.2) is 19.6 Å². The normalized spacial score (nSPS) is 22.0. The number of amides is 2. The predicted molar refractivity (Wildman–Crippen MR) is 117 cm³/mol. The topological polar surface area (TPSA) is 99.1 Å². The second kappa shape index (κ2) is 8.46. The molecule has 168 valence electrons. The summed E-state index contributed by atoms with van der Waals surface area (Å²) in [5.74, 6) is 0.763. The van der Waals surface area contributed by atoms with E-state index in [4.69, 9.17) is 16.3 Å². The zero-order valence-corrected chi connectivity index (χ0v) is 18.2. The summed E-state index contributed by atoms with van der Waals surface area (Å²) in [5, 5.41) is 9.43. The van der Waals surface area contributed by atoms with Crippen molar-refractivity contribution in [2.45, 2.75) is 44.5 Å². The molecule has 1 aromatic heterocycles. The lowest BCUT2D eigenvalue weighted by molar-refractivity contribution is 0.0732. The molecule has 9 nitrogen and oxygen atoms in total. The molecule has 10 heteroatoms. The van der Waals surface area contributed by atoms with Crippen molar-refractivity contribution in [3.8, 4) is 0 Å². The molecule has 2 atom stereocenters. The van der Waals surface area contributed by atoms with Crippen molar-refractivity contribution in [2.24, 2.45) is 0 Å². The van der Waals surface area contributed by atoms with E-state index in [0.29, 0.717) is 31.7 Å². The third kappa shape index (κ3) is 3.92. The molecule has 2 bridgehead atoms. The number of hydrogen-bond donors (Lipinski definition) is 1. The molecular formula is C22H24ClN5O4. The SMILES string of the molecule is O=C(O)N1CCc2c(nc(Cl)nc2N2CC3CCC(C2)N3C(=O)OCc2ccccc2)C1. The summed E-state index contributed by atoms with van der Waals surface area (Å²) in [4.78, 5) is 38.4. The average Bonchev–Trinajstić information content (AvgIpc) is 3.06. The fourth-order valence-electron chi connectivity index (χ4n) is 4.97. The third-order valence-corrected chi connectivity index (χ3v) is 6.65. The highest BCUT2D eigenvalue weighted by molar-refractivity contribution is 6.28. The quantitative estimate of drug-likeness (QED) is 0.706. The van der Waals surface area contributed by atoms with Gasteiger partial charge >= 0.3 is 12.2 Å². The maximum atomic E-state index is 12.8. The molecule has 2 unspecified atom stereocenters. The lowest BCUT2D eigenvalue weighted by Crippen LogP contribution is -2.56. The number of hydrogen-bond acceptors (Lipinski definition) is 6. The Balaban J connectivity index is 1.31. The Bertz CT molecular complexity index is 1020. The van der Waals surface area contributed by atoms with Crippen LogP contribution in [0.1, 0.15) is 29.7 Å². The van der Waals surface area contributed by atoms with Crippen molar-refractivity contribution in [1.29, 1.82) is 0 Å². The highest BCUT2D eigenvalue weighted by Crippen LogP contribution is 2.36. The molecule has 2 aromatic rings. The van der Waals surface area contributed by atoms with Crippen LogP contribution in [-0.2, 0) is 24.3 Å². The van der Waals surface area contributed by atoms with E-state index in [1.54, 1.807) is 0 Å². The molecule has 4 heterocycles. The molecule has 2 saturated heterocycles. The van der Waals surface area contributed by atoms with Crippen molar-refractivity contribution < 1.29 is 19.4 Å². The molecule has 0 radical (unpaired) electrons. The van der Waals surface area contributed by atoms with Crippen molar-refractivity contribution in [3.63, 3.8) is 0 Å². The summed E-state index contributed by atoms with van der Waals surface area (Å²) in [7, 11) is 0. The Morgan fingerprint density at radius 3 is 2.53 bits per heavy atom. The Morgan fingerprint density at radius 1 is 1.12 bits per heavy atom. The second-order valence-corrected chi connectivity index (χ2v) is 8.77. The minimum atomic E-state index is -0.965. The van der Waals surface area contributed by atoms with E-state index in [9.17, 15) is 14.7 Å². The summed E-state index contributed by atoms with van der Waals surface area (Å²) < 4.78 is 5.59. The lowest BCUT2D eigenvalue weighted by Gasteiger charge is -2.42. The lowest BCUT2D eigenvalue weighted by atomic mass is 10.0. The number of benzene rings is 1. The maximum Gasteiger partial charge on any atom is 0.410 e. The van der Waals surface area contributed by atoms with Crippen molar-refractivity contribution in [3.05, 3.63) is 52.4 Å². The van der Waals surface area contributed by atoms with Crippen LogP contribution in [0, 0.1) is 0 Å². The molecule has 2 fully saturated rings. The van der Waals surface area contributed by atoms with E-state index in [1.807, 2.05) is 35.2 Å². The summed E-state index contributed by atoms with van der Waals surface area (Å²) in [6, 6.07) is 9.74. The van der Waals surface area contributed by atoms with E-state index in [0.717, 1.165) is 29.8 Å². The van der Waals surface area contributed by atoms with Gasteiger partial charge in [0.05, 0.1) is 24.3 Å². The van der Waals surface area contributed by atoms with Crippen molar-refractivity contribution in [2.75, 3.05) is 24.5 Å². The zero-order chi connectivity index (χ0) is 22.2.